The second kappa shape index (κ2) is 14.3. The number of halogens is 2. The second-order valence-corrected chi connectivity index (χ2v) is 11.3. The zero-order valence-corrected chi connectivity index (χ0v) is 27.1. The SMILES string of the molecule is COc1cc2c(Oc3ccc(NC(=O)Oc4cn(C(C)C)c(=O)n(-c5ccc(F)cc5)c4=O)cc3F)ccnc2cc1OCc1ccccc1. The number of methoxy groups -OCH3 is 1. The van der Waals surface area contributed by atoms with Gasteiger partial charge < -0.3 is 18.9 Å². The van der Waals surface area contributed by atoms with E-state index in [4.69, 9.17) is 18.9 Å². The van der Waals surface area contributed by atoms with E-state index >= 15 is 4.39 Å². The van der Waals surface area contributed by atoms with Gasteiger partial charge in [-0.2, -0.15) is 0 Å². The molecule has 2 aromatic heterocycles. The van der Waals surface area contributed by atoms with Crippen LogP contribution in [0.4, 0.5) is 19.3 Å². The summed E-state index contributed by atoms with van der Waals surface area (Å²) in [5.41, 5.74) is -0.0772. The minimum atomic E-state index is -1.12. The summed E-state index contributed by atoms with van der Waals surface area (Å²) in [7, 11) is 1.51. The molecule has 1 amide bonds. The largest absolute Gasteiger partial charge is 0.493 e. The lowest BCUT2D eigenvalue weighted by Crippen LogP contribution is -2.40. The zero-order valence-electron chi connectivity index (χ0n) is 27.1. The Morgan fingerprint density at radius 1 is 0.860 bits per heavy atom. The molecule has 11 nitrogen and oxygen atoms in total. The zero-order chi connectivity index (χ0) is 35.4. The van der Waals surface area contributed by atoms with Crippen LogP contribution in [0.25, 0.3) is 16.6 Å². The Morgan fingerprint density at radius 3 is 2.32 bits per heavy atom. The molecule has 0 atom stereocenters. The molecule has 6 rings (SSSR count). The van der Waals surface area contributed by atoms with Crippen molar-refractivity contribution in [2.45, 2.75) is 26.5 Å². The van der Waals surface area contributed by atoms with E-state index in [9.17, 15) is 18.8 Å². The van der Waals surface area contributed by atoms with Gasteiger partial charge in [-0.1, -0.05) is 30.3 Å². The van der Waals surface area contributed by atoms with Crippen molar-refractivity contribution in [2.75, 3.05) is 12.4 Å². The van der Waals surface area contributed by atoms with Gasteiger partial charge in [0.1, 0.15) is 18.2 Å². The Kier molecular flexibility index (Phi) is 9.57. The molecule has 0 aliphatic rings. The van der Waals surface area contributed by atoms with Gasteiger partial charge in [-0.25, -0.2) is 22.9 Å². The molecule has 0 saturated carbocycles. The molecule has 13 heteroatoms. The number of aromatic nitrogens is 3. The van der Waals surface area contributed by atoms with Crippen LogP contribution in [0, 0.1) is 11.6 Å². The maximum atomic E-state index is 15.3. The molecule has 6 aromatic rings. The lowest BCUT2D eigenvalue weighted by molar-refractivity contribution is 0.213. The molecule has 0 bridgehead atoms. The summed E-state index contributed by atoms with van der Waals surface area (Å²) in [4.78, 5) is 43.5. The Labute approximate surface area is 283 Å². The molecule has 254 valence electrons. The fraction of sp³-hybridized carbons (Fsp3) is 0.135. The highest BCUT2D eigenvalue weighted by Gasteiger charge is 2.19. The first-order chi connectivity index (χ1) is 24.1. The van der Waals surface area contributed by atoms with Crippen LogP contribution in [-0.2, 0) is 6.61 Å². The molecule has 50 heavy (non-hydrogen) atoms. The summed E-state index contributed by atoms with van der Waals surface area (Å²) in [6, 6.07) is 22.6. The summed E-state index contributed by atoms with van der Waals surface area (Å²) >= 11 is 0. The minimum absolute atomic E-state index is 0.00245. The van der Waals surface area contributed by atoms with Crippen molar-refractivity contribution in [3.8, 4) is 34.4 Å². The number of rotatable bonds is 10. The predicted molar refractivity (Wildman–Crippen MR) is 182 cm³/mol. The number of pyridine rings is 1. The number of ether oxygens (including phenoxy) is 4. The first-order valence-corrected chi connectivity index (χ1v) is 15.3. The minimum Gasteiger partial charge on any atom is -0.493 e. The highest BCUT2D eigenvalue weighted by atomic mass is 19.1. The van der Waals surface area contributed by atoms with E-state index in [1.54, 1.807) is 32.0 Å². The van der Waals surface area contributed by atoms with Gasteiger partial charge in [0.15, 0.2) is 23.1 Å². The number of amides is 1. The molecule has 0 radical (unpaired) electrons. The number of anilines is 1. The topological polar surface area (TPSA) is 123 Å². The fourth-order valence-corrected chi connectivity index (χ4v) is 5.06. The van der Waals surface area contributed by atoms with Crippen LogP contribution in [-0.4, -0.2) is 27.3 Å². The molecular weight excluding hydrogens is 650 g/mol. The summed E-state index contributed by atoms with van der Waals surface area (Å²) in [5, 5.41) is 2.91. The molecular formula is C37H30F2N4O7. The number of hydrogen-bond acceptors (Lipinski definition) is 8. The van der Waals surface area contributed by atoms with Crippen molar-refractivity contribution in [2.24, 2.45) is 0 Å². The fourth-order valence-electron chi connectivity index (χ4n) is 5.06. The first kappa shape index (κ1) is 33.4. The van der Waals surface area contributed by atoms with Crippen LogP contribution in [0.15, 0.2) is 113 Å². The summed E-state index contributed by atoms with van der Waals surface area (Å²) < 4.78 is 53.5. The van der Waals surface area contributed by atoms with E-state index in [1.807, 2.05) is 30.3 Å². The molecule has 0 fully saturated rings. The number of carbonyl (C=O) groups is 1. The van der Waals surface area contributed by atoms with Gasteiger partial charge >= 0.3 is 17.3 Å². The first-order valence-electron chi connectivity index (χ1n) is 15.3. The normalized spacial score (nSPS) is 11.0. The highest BCUT2D eigenvalue weighted by molar-refractivity contribution is 5.89. The molecule has 0 unspecified atom stereocenters. The number of hydrogen-bond donors (Lipinski definition) is 1. The third kappa shape index (κ3) is 7.16. The molecule has 0 saturated heterocycles. The molecule has 0 aliphatic heterocycles. The van der Waals surface area contributed by atoms with E-state index < -0.39 is 40.8 Å². The summed E-state index contributed by atoms with van der Waals surface area (Å²) in [5.74, 6) is -0.804. The van der Waals surface area contributed by atoms with Gasteiger partial charge in [0.25, 0.3) is 0 Å². The Hall–Kier alpha value is -6.50. The van der Waals surface area contributed by atoms with E-state index in [0.29, 0.717) is 34.8 Å². The van der Waals surface area contributed by atoms with Crippen LogP contribution in [0.5, 0.6) is 28.7 Å². The standard InChI is InChI=1S/C37H30F2N4O7/c1-22(2)42-20-34(35(44)43(37(42)46)26-12-9-24(38)10-13-26)50-36(45)41-25-11-14-31(28(39)17-25)49-30-15-16-40-29-19-33(32(47-3)18-27(29)30)48-21-23-7-5-4-6-8-23/h4-20,22H,21H2,1-3H3,(H,41,45). The van der Waals surface area contributed by atoms with Crippen LogP contribution in [0.2, 0.25) is 0 Å². The molecule has 0 aliphatic carbocycles. The molecule has 1 N–H and O–H groups in total. The smallest absolute Gasteiger partial charge is 0.417 e. The monoisotopic (exact) mass is 680 g/mol. The van der Waals surface area contributed by atoms with Crippen LogP contribution in [0.1, 0.15) is 25.5 Å². The van der Waals surface area contributed by atoms with Crippen molar-refractivity contribution < 1.29 is 32.5 Å². The maximum absolute atomic E-state index is 15.3. The maximum Gasteiger partial charge on any atom is 0.417 e. The second-order valence-electron chi connectivity index (χ2n) is 11.3. The number of fused-ring (bicyclic) bond motifs is 1. The summed E-state index contributed by atoms with van der Waals surface area (Å²) in [6.07, 6.45) is 1.51. The predicted octanol–water partition coefficient (Wildman–Crippen LogP) is 7.40. The lowest BCUT2D eigenvalue weighted by atomic mass is 10.1. The van der Waals surface area contributed by atoms with Crippen LogP contribution in [0.3, 0.4) is 0 Å². The van der Waals surface area contributed by atoms with Crippen molar-refractivity contribution in [3.63, 3.8) is 0 Å². The summed E-state index contributed by atoms with van der Waals surface area (Å²) in [6.45, 7) is 3.71. The average Bonchev–Trinajstić information content (AvgIpc) is 3.10. The van der Waals surface area contributed by atoms with Crippen molar-refractivity contribution in [1.29, 1.82) is 0 Å². The van der Waals surface area contributed by atoms with E-state index in [2.05, 4.69) is 10.3 Å². The van der Waals surface area contributed by atoms with Gasteiger partial charge in [-0.05, 0) is 67.9 Å². The Balaban J connectivity index is 1.20. The Morgan fingerprint density at radius 2 is 1.62 bits per heavy atom. The van der Waals surface area contributed by atoms with E-state index in [-0.39, 0.29) is 17.1 Å². The number of nitrogens with zero attached hydrogens (tertiary/aromatic N) is 3. The third-order valence-electron chi connectivity index (χ3n) is 7.55. The number of nitrogens with one attached hydrogen (secondary N) is 1. The van der Waals surface area contributed by atoms with E-state index in [0.717, 1.165) is 34.5 Å². The highest BCUT2D eigenvalue weighted by Crippen LogP contribution is 2.38. The van der Waals surface area contributed by atoms with Gasteiger partial charge in [0.2, 0.25) is 5.75 Å². The lowest BCUT2D eigenvalue weighted by Gasteiger charge is -2.16. The van der Waals surface area contributed by atoms with Gasteiger partial charge in [0, 0.05) is 35.4 Å². The number of benzene rings is 4. The molecule has 4 aromatic carbocycles. The third-order valence-corrected chi connectivity index (χ3v) is 7.55. The Bertz CT molecular complexity index is 2310. The van der Waals surface area contributed by atoms with Crippen molar-refractivity contribution in [1.82, 2.24) is 14.1 Å². The molecule has 2 heterocycles. The van der Waals surface area contributed by atoms with Crippen molar-refractivity contribution >= 4 is 22.7 Å². The molecule has 0 spiro atoms. The average molecular weight is 681 g/mol. The van der Waals surface area contributed by atoms with Gasteiger partial charge in [0.05, 0.1) is 24.5 Å². The van der Waals surface area contributed by atoms with Gasteiger partial charge in [-0.15, -0.1) is 0 Å². The van der Waals surface area contributed by atoms with Crippen LogP contribution < -0.4 is 35.5 Å². The van der Waals surface area contributed by atoms with Crippen LogP contribution >= 0.6 is 0 Å². The number of carbonyl (C=O) groups excluding carboxylic acids is 1. The quantitative estimate of drug-likeness (QED) is 0.159. The van der Waals surface area contributed by atoms with Crippen molar-refractivity contribution in [3.05, 3.63) is 141 Å². The van der Waals surface area contributed by atoms with Gasteiger partial charge in [-0.3, -0.25) is 19.7 Å². The van der Waals surface area contributed by atoms with E-state index in [1.165, 1.54) is 42.1 Å².